The molecule has 0 aromatic carbocycles. The summed E-state index contributed by atoms with van der Waals surface area (Å²) in [5.41, 5.74) is 0. The van der Waals surface area contributed by atoms with Crippen molar-refractivity contribution in [3.05, 3.63) is 27.1 Å². The molecule has 6 heteroatoms. The van der Waals surface area contributed by atoms with E-state index in [9.17, 15) is 0 Å². The Hall–Kier alpha value is -0.650. The van der Waals surface area contributed by atoms with Gasteiger partial charge < -0.3 is 5.32 Å². The number of nitrogens with one attached hydrogen (secondary N) is 1. The van der Waals surface area contributed by atoms with Crippen molar-refractivity contribution in [3.8, 4) is 10.7 Å². The van der Waals surface area contributed by atoms with Crippen LogP contribution in [0.3, 0.4) is 0 Å². The first kappa shape index (κ1) is 11.8. The van der Waals surface area contributed by atoms with Crippen LogP contribution >= 0.6 is 38.9 Å². The van der Waals surface area contributed by atoms with E-state index >= 15 is 0 Å². The van der Waals surface area contributed by atoms with Gasteiger partial charge in [-0.2, -0.15) is 0 Å². The van der Waals surface area contributed by atoms with Crippen molar-refractivity contribution in [1.82, 2.24) is 9.97 Å². The third-order valence-corrected chi connectivity index (χ3v) is 3.73. The molecule has 16 heavy (non-hydrogen) atoms. The van der Waals surface area contributed by atoms with Gasteiger partial charge in [0.25, 0.3) is 0 Å². The lowest BCUT2D eigenvalue weighted by Crippen LogP contribution is -2.01. The number of hydrogen-bond acceptors (Lipinski definition) is 4. The molecule has 0 fully saturated rings. The van der Waals surface area contributed by atoms with E-state index in [0.29, 0.717) is 5.82 Å². The Balaban J connectivity index is 2.39. The third-order valence-electron chi connectivity index (χ3n) is 1.88. The first-order chi connectivity index (χ1) is 7.70. The van der Waals surface area contributed by atoms with Crippen molar-refractivity contribution < 1.29 is 0 Å². The van der Waals surface area contributed by atoms with E-state index in [-0.39, 0.29) is 0 Å². The minimum Gasteiger partial charge on any atom is -0.369 e. The fourth-order valence-corrected chi connectivity index (χ4v) is 2.55. The van der Waals surface area contributed by atoms with Gasteiger partial charge in [0.15, 0.2) is 5.82 Å². The summed E-state index contributed by atoms with van der Waals surface area (Å²) in [6.07, 6.45) is 1.74. The average molecular weight is 319 g/mol. The number of halogens is 2. The minimum absolute atomic E-state index is 0.691. The van der Waals surface area contributed by atoms with Gasteiger partial charge in [0.05, 0.1) is 14.4 Å². The van der Waals surface area contributed by atoms with Crippen molar-refractivity contribution in [2.24, 2.45) is 0 Å². The summed E-state index contributed by atoms with van der Waals surface area (Å²) in [6.45, 7) is 2.84. The van der Waals surface area contributed by atoms with Crippen LogP contribution in [0.5, 0.6) is 0 Å². The van der Waals surface area contributed by atoms with Gasteiger partial charge in [0.1, 0.15) is 5.82 Å². The van der Waals surface area contributed by atoms with E-state index < -0.39 is 0 Å². The molecule has 3 nitrogen and oxygen atoms in total. The molecule has 0 saturated carbocycles. The van der Waals surface area contributed by atoms with Crippen LogP contribution in [0, 0.1) is 0 Å². The predicted octanol–water partition coefficient (Wildman–Crippen LogP) is 4.05. The zero-order chi connectivity index (χ0) is 11.5. The van der Waals surface area contributed by atoms with Gasteiger partial charge in [-0.15, -0.1) is 11.3 Å². The number of rotatable bonds is 3. The maximum absolute atomic E-state index is 5.87. The normalized spacial score (nSPS) is 10.4. The minimum atomic E-state index is 0.691. The summed E-state index contributed by atoms with van der Waals surface area (Å²) in [6, 6.07) is 1.87. The lowest BCUT2D eigenvalue weighted by molar-refractivity contribution is 1.11. The van der Waals surface area contributed by atoms with Crippen molar-refractivity contribution in [3.63, 3.8) is 0 Å². The quantitative estimate of drug-likeness (QED) is 0.927. The topological polar surface area (TPSA) is 37.8 Å². The van der Waals surface area contributed by atoms with Crippen LogP contribution in [0.2, 0.25) is 5.02 Å². The summed E-state index contributed by atoms with van der Waals surface area (Å²) in [4.78, 5) is 9.66. The second kappa shape index (κ2) is 5.12. The summed E-state index contributed by atoms with van der Waals surface area (Å²) in [7, 11) is 0. The van der Waals surface area contributed by atoms with Crippen molar-refractivity contribution in [2.75, 3.05) is 11.9 Å². The highest BCUT2D eigenvalue weighted by molar-refractivity contribution is 9.10. The van der Waals surface area contributed by atoms with Crippen LogP contribution in [0.4, 0.5) is 5.82 Å². The standard InChI is InChI=1S/C10H9BrClN3S/c1-2-13-9-7(11)4-14-10(15-9)8-3-6(12)5-16-8/h3-5H,2H2,1H3,(H,13,14,15). The molecule has 84 valence electrons. The molecule has 2 aromatic heterocycles. The number of thiophene rings is 1. The highest BCUT2D eigenvalue weighted by Crippen LogP contribution is 2.29. The van der Waals surface area contributed by atoms with E-state index in [4.69, 9.17) is 11.6 Å². The Morgan fingerprint density at radius 3 is 3.00 bits per heavy atom. The number of anilines is 1. The maximum atomic E-state index is 5.87. The molecule has 0 amide bonds. The molecule has 0 spiro atoms. The first-order valence-corrected chi connectivity index (χ1v) is 6.76. The molecule has 0 atom stereocenters. The van der Waals surface area contributed by atoms with Crippen LogP contribution in [-0.2, 0) is 0 Å². The van der Waals surface area contributed by atoms with Gasteiger partial charge in [-0.05, 0) is 28.9 Å². The van der Waals surface area contributed by atoms with Gasteiger partial charge in [-0.3, -0.25) is 0 Å². The monoisotopic (exact) mass is 317 g/mol. The zero-order valence-electron chi connectivity index (χ0n) is 8.50. The number of aromatic nitrogens is 2. The van der Waals surface area contributed by atoms with Crippen LogP contribution in [0.1, 0.15) is 6.92 Å². The second-order valence-corrected chi connectivity index (χ2v) is 5.25. The number of hydrogen-bond donors (Lipinski definition) is 1. The Kier molecular flexibility index (Phi) is 3.78. The first-order valence-electron chi connectivity index (χ1n) is 4.71. The molecule has 0 saturated heterocycles. The summed E-state index contributed by atoms with van der Waals surface area (Å²) >= 11 is 10.8. The van der Waals surface area contributed by atoms with E-state index in [1.165, 1.54) is 11.3 Å². The lowest BCUT2D eigenvalue weighted by Gasteiger charge is -2.05. The molecule has 0 aliphatic rings. The van der Waals surface area contributed by atoms with Crippen LogP contribution in [0.25, 0.3) is 10.7 Å². The predicted molar refractivity (Wildman–Crippen MR) is 72.2 cm³/mol. The molecule has 2 heterocycles. The third kappa shape index (κ3) is 2.53. The highest BCUT2D eigenvalue weighted by Gasteiger charge is 2.08. The molecule has 2 rings (SSSR count). The van der Waals surface area contributed by atoms with Crippen molar-refractivity contribution >= 4 is 44.7 Å². The zero-order valence-corrected chi connectivity index (χ0v) is 11.7. The lowest BCUT2D eigenvalue weighted by atomic mass is 10.4. The second-order valence-electron chi connectivity index (χ2n) is 3.05. The summed E-state index contributed by atoms with van der Waals surface area (Å²) in [5.74, 6) is 1.49. The smallest absolute Gasteiger partial charge is 0.171 e. The Labute approximate surface area is 111 Å². The molecule has 2 aromatic rings. The average Bonchev–Trinajstić information content (AvgIpc) is 2.69. The van der Waals surface area contributed by atoms with Gasteiger partial charge in [0, 0.05) is 18.1 Å². The van der Waals surface area contributed by atoms with Gasteiger partial charge in [-0.1, -0.05) is 11.6 Å². The molecule has 0 aliphatic carbocycles. The molecule has 0 aliphatic heterocycles. The SMILES string of the molecule is CCNc1nc(-c2cc(Cl)cs2)ncc1Br. The van der Waals surface area contributed by atoms with Crippen molar-refractivity contribution in [2.45, 2.75) is 6.92 Å². The van der Waals surface area contributed by atoms with Gasteiger partial charge in [-0.25, -0.2) is 9.97 Å². The Morgan fingerprint density at radius 1 is 1.56 bits per heavy atom. The highest BCUT2D eigenvalue weighted by atomic mass is 79.9. The fourth-order valence-electron chi connectivity index (χ4n) is 1.21. The maximum Gasteiger partial charge on any atom is 0.171 e. The summed E-state index contributed by atoms with van der Waals surface area (Å²) in [5, 5.41) is 5.76. The van der Waals surface area contributed by atoms with Gasteiger partial charge >= 0.3 is 0 Å². The molecule has 0 radical (unpaired) electrons. The Bertz CT molecular complexity index is 501. The van der Waals surface area contributed by atoms with Crippen LogP contribution in [0.15, 0.2) is 22.1 Å². The van der Waals surface area contributed by atoms with E-state index in [0.717, 1.165) is 26.7 Å². The van der Waals surface area contributed by atoms with Crippen LogP contribution in [-0.4, -0.2) is 16.5 Å². The molecule has 1 N–H and O–H groups in total. The van der Waals surface area contributed by atoms with Crippen LogP contribution < -0.4 is 5.32 Å². The van der Waals surface area contributed by atoms with E-state index in [1.807, 2.05) is 18.4 Å². The molecular formula is C10H9BrClN3S. The molecule has 0 bridgehead atoms. The Morgan fingerprint density at radius 2 is 2.38 bits per heavy atom. The summed E-state index contributed by atoms with van der Waals surface area (Å²) < 4.78 is 0.862. The molecule has 0 unspecified atom stereocenters. The van der Waals surface area contributed by atoms with E-state index in [2.05, 4.69) is 31.2 Å². The largest absolute Gasteiger partial charge is 0.369 e. The number of nitrogens with zero attached hydrogens (tertiary/aromatic N) is 2. The van der Waals surface area contributed by atoms with Crippen molar-refractivity contribution in [1.29, 1.82) is 0 Å². The fraction of sp³-hybridized carbons (Fsp3) is 0.200. The van der Waals surface area contributed by atoms with Gasteiger partial charge in [0.2, 0.25) is 0 Å². The van der Waals surface area contributed by atoms with E-state index in [1.54, 1.807) is 6.20 Å². The molecular weight excluding hydrogens is 310 g/mol.